The van der Waals surface area contributed by atoms with Gasteiger partial charge in [0.05, 0.1) is 13.7 Å². The zero-order chi connectivity index (χ0) is 16.8. The molecule has 0 spiro atoms. The third-order valence-corrected chi connectivity index (χ3v) is 3.15. The summed E-state index contributed by atoms with van der Waals surface area (Å²) in [4.78, 5) is 23.3. The Labute approximate surface area is 134 Å². The van der Waals surface area contributed by atoms with Crippen LogP contribution in [0.3, 0.4) is 0 Å². The molecule has 2 amide bonds. The van der Waals surface area contributed by atoms with Crippen molar-refractivity contribution in [2.45, 2.75) is 6.92 Å². The van der Waals surface area contributed by atoms with Crippen LogP contribution in [0.15, 0.2) is 42.5 Å². The first-order chi connectivity index (χ1) is 11.0. The van der Waals surface area contributed by atoms with Crippen molar-refractivity contribution in [3.63, 3.8) is 0 Å². The maximum absolute atomic E-state index is 12.3. The molecule has 0 unspecified atom stereocenters. The van der Waals surface area contributed by atoms with E-state index < -0.39 is 5.91 Å². The average molecular weight is 314 g/mol. The Bertz CT molecular complexity index is 711. The zero-order valence-electron chi connectivity index (χ0n) is 13.0. The minimum absolute atomic E-state index is 0.293. The van der Waals surface area contributed by atoms with Gasteiger partial charge in [-0.05, 0) is 49.4 Å². The van der Waals surface area contributed by atoms with E-state index in [1.807, 2.05) is 6.92 Å². The number of nitrogens with one attached hydrogen (secondary N) is 1. The zero-order valence-corrected chi connectivity index (χ0v) is 13.0. The highest BCUT2D eigenvalue weighted by Gasteiger charge is 2.11. The maximum atomic E-state index is 12.3. The Morgan fingerprint density at radius 3 is 2.26 bits per heavy atom. The highest BCUT2D eigenvalue weighted by Crippen LogP contribution is 2.28. The molecule has 3 N–H and O–H groups in total. The van der Waals surface area contributed by atoms with E-state index >= 15 is 0 Å². The van der Waals surface area contributed by atoms with Gasteiger partial charge < -0.3 is 20.5 Å². The molecule has 0 heterocycles. The molecular weight excluding hydrogens is 296 g/mol. The van der Waals surface area contributed by atoms with E-state index in [4.69, 9.17) is 15.2 Å². The molecule has 2 aromatic carbocycles. The van der Waals surface area contributed by atoms with Crippen LogP contribution in [-0.2, 0) is 0 Å². The summed E-state index contributed by atoms with van der Waals surface area (Å²) in [5.74, 6) is 0.262. The van der Waals surface area contributed by atoms with Gasteiger partial charge in [-0.15, -0.1) is 0 Å². The lowest BCUT2D eigenvalue weighted by molar-refractivity contribution is 0.0998. The van der Waals surface area contributed by atoms with E-state index in [1.165, 1.54) is 7.11 Å². The minimum atomic E-state index is -0.515. The van der Waals surface area contributed by atoms with Crippen molar-refractivity contribution in [2.75, 3.05) is 19.0 Å². The molecule has 2 aromatic rings. The Morgan fingerprint density at radius 1 is 1.04 bits per heavy atom. The Kier molecular flexibility index (Phi) is 5.19. The molecule has 2 rings (SSSR count). The number of benzene rings is 2. The lowest BCUT2D eigenvalue weighted by Gasteiger charge is -2.11. The first-order valence-corrected chi connectivity index (χ1v) is 7.07. The quantitative estimate of drug-likeness (QED) is 0.857. The minimum Gasteiger partial charge on any atom is -0.493 e. The van der Waals surface area contributed by atoms with Gasteiger partial charge in [-0.2, -0.15) is 0 Å². The van der Waals surface area contributed by atoms with Crippen LogP contribution in [0.4, 0.5) is 5.69 Å². The van der Waals surface area contributed by atoms with Gasteiger partial charge in [0.2, 0.25) is 5.91 Å². The second kappa shape index (κ2) is 7.31. The standard InChI is InChI=1S/C17H18N2O4/c1-3-23-14-9-6-12(10-15(14)22-2)17(21)19-13-7-4-11(5-8-13)16(18)20/h4-10H,3H2,1-2H3,(H2,18,20)(H,19,21). The number of hydrogen-bond donors (Lipinski definition) is 2. The number of primary amides is 1. The largest absolute Gasteiger partial charge is 0.493 e. The number of hydrogen-bond acceptors (Lipinski definition) is 4. The van der Waals surface area contributed by atoms with Gasteiger partial charge in [-0.25, -0.2) is 0 Å². The molecule has 0 aliphatic carbocycles. The number of carbonyl (C=O) groups is 2. The van der Waals surface area contributed by atoms with Gasteiger partial charge in [0.25, 0.3) is 5.91 Å². The fourth-order valence-corrected chi connectivity index (χ4v) is 2.00. The van der Waals surface area contributed by atoms with Crippen molar-refractivity contribution < 1.29 is 19.1 Å². The van der Waals surface area contributed by atoms with E-state index in [0.29, 0.717) is 34.9 Å². The molecule has 0 aromatic heterocycles. The summed E-state index contributed by atoms with van der Waals surface area (Å²) in [6.45, 7) is 2.38. The average Bonchev–Trinajstić information content (AvgIpc) is 2.55. The molecule has 0 fully saturated rings. The van der Waals surface area contributed by atoms with E-state index in [9.17, 15) is 9.59 Å². The fourth-order valence-electron chi connectivity index (χ4n) is 2.00. The highest BCUT2D eigenvalue weighted by atomic mass is 16.5. The van der Waals surface area contributed by atoms with Crippen molar-refractivity contribution >= 4 is 17.5 Å². The Balaban J connectivity index is 2.15. The predicted molar refractivity (Wildman–Crippen MR) is 87.1 cm³/mol. The van der Waals surface area contributed by atoms with Gasteiger partial charge in [0, 0.05) is 16.8 Å². The highest BCUT2D eigenvalue weighted by molar-refractivity contribution is 6.05. The van der Waals surface area contributed by atoms with Crippen molar-refractivity contribution in [3.05, 3.63) is 53.6 Å². The smallest absolute Gasteiger partial charge is 0.255 e. The molecule has 0 saturated heterocycles. The van der Waals surface area contributed by atoms with Gasteiger partial charge in [0.15, 0.2) is 11.5 Å². The van der Waals surface area contributed by atoms with Crippen molar-refractivity contribution in [2.24, 2.45) is 5.73 Å². The molecule has 6 nitrogen and oxygen atoms in total. The molecule has 23 heavy (non-hydrogen) atoms. The second-order valence-electron chi connectivity index (χ2n) is 4.69. The Hall–Kier alpha value is -3.02. The van der Waals surface area contributed by atoms with Crippen molar-refractivity contribution in [3.8, 4) is 11.5 Å². The van der Waals surface area contributed by atoms with Gasteiger partial charge >= 0.3 is 0 Å². The lowest BCUT2D eigenvalue weighted by atomic mass is 10.1. The third-order valence-electron chi connectivity index (χ3n) is 3.15. The summed E-state index contributed by atoms with van der Waals surface area (Å²) >= 11 is 0. The number of carbonyl (C=O) groups excluding carboxylic acids is 2. The van der Waals surface area contributed by atoms with Crippen LogP contribution < -0.4 is 20.5 Å². The monoisotopic (exact) mass is 314 g/mol. The van der Waals surface area contributed by atoms with Gasteiger partial charge in [0.1, 0.15) is 0 Å². The van der Waals surface area contributed by atoms with Gasteiger partial charge in [-0.1, -0.05) is 0 Å². The molecule has 0 radical (unpaired) electrons. The molecule has 0 atom stereocenters. The molecule has 0 aliphatic heterocycles. The number of nitrogens with two attached hydrogens (primary N) is 1. The molecule has 6 heteroatoms. The number of rotatable bonds is 6. The summed E-state index contributed by atoms with van der Waals surface area (Å²) < 4.78 is 10.6. The van der Waals surface area contributed by atoms with E-state index in [-0.39, 0.29) is 5.91 Å². The molecule has 0 bridgehead atoms. The second-order valence-corrected chi connectivity index (χ2v) is 4.69. The third kappa shape index (κ3) is 4.00. The summed E-state index contributed by atoms with van der Waals surface area (Å²) in [5, 5.41) is 2.74. The van der Waals surface area contributed by atoms with Crippen molar-refractivity contribution in [1.29, 1.82) is 0 Å². The summed E-state index contributed by atoms with van der Waals surface area (Å²) in [5.41, 5.74) is 6.55. The molecule has 0 saturated carbocycles. The van der Waals surface area contributed by atoms with E-state index in [0.717, 1.165) is 0 Å². The van der Waals surface area contributed by atoms with Crippen LogP contribution in [0.2, 0.25) is 0 Å². The number of ether oxygens (including phenoxy) is 2. The molecular formula is C17H18N2O4. The maximum Gasteiger partial charge on any atom is 0.255 e. The van der Waals surface area contributed by atoms with Crippen LogP contribution in [0.1, 0.15) is 27.6 Å². The van der Waals surface area contributed by atoms with Crippen LogP contribution in [0.5, 0.6) is 11.5 Å². The number of methoxy groups -OCH3 is 1. The number of anilines is 1. The first-order valence-electron chi connectivity index (χ1n) is 7.07. The Morgan fingerprint density at radius 2 is 1.70 bits per heavy atom. The normalized spacial score (nSPS) is 10.0. The van der Waals surface area contributed by atoms with Crippen molar-refractivity contribution in [1.82, 2.24) is 0 Å². The van der Waals surface area contributed by atoms with Crippen LogP contribution in [0, 0.1) is 0 Å². The summed E-state index contributed by atoms with van der Waals surface area (Å²) in [7, 11) is 1.52. The topological polar surface area (TPSA) is 90.6 Å². The van der Waals surface area contributed by atoms with Crippen LogP contribution in [-0.4, -0.2) is 25.5 Å². The first kappa shape index (κ1) is 16.4. The van der Waals surface area contributed by atoms with Crippen LogP contribution >= 0.6 is 0 Å². The molecule has 120 valence electrons. The predicted octanol–water partition coefficient (Wildman–Crippen LogP) is 2.45. The molecule has 0 aliphatic rings. The summed E-state index contributed by atoms with van der Waals surface area (Å²) in [6.07, 6.45) is 0. The van der Waals surface area contributed by atoms with E-state index in [1.54, 1.807) is 42.5 Å². The fraction of sp³-hybridized carbons (Fsp3) is 0.176. The summed E-state index contributed by atoms with van der Waals surface area (Å²) in [6, 6.07) is 11.3. The SMILES string of the molecule is CCOc1ccc(C(=O)Nc2ccc(C(N)=O)cc2)cc1OC. The van der Waals surface area contributed by atoms with Crippen LogP contribution in [0.25, 0.3) is 0 Å². The number of amides is 2. The lowest BCUT2D eigenvalue weighted by Crippen LogP contribution is -2.13. The van der Waals surface area contributed by atoms with Gasteiger partial charge in [-0.3, -0.25) is 9.59 Å². The van der Waals surface area contributed by atoms with E-state index in [2.05, 4.69) is 5.32 Å².